The van der Waals surface area contributed by atoms with E-state index in [1.807, 2.05) is 48.8 Å². The minimum atomic E-state index is 0.720. The number of aromatic nitrogens is 2. The standard InChI is InChI=1S/C19H21N3O2/c1-23-17-7-6-15(11-18(17)24-2)13-22-9-8-21-19(22)12-14-4-3-5-16(20)10-14/h3-11H,12-13,20H2,1-2H3. The van der Waals surface area contributed by atoms with Crippen molar-refractivity contribution in [3.8, 4) is 11.5 Å². The van der Waals surface area contributed by atoms with Gasteiger partial charge in [-0.3, -0.25) is 0 Å². The number of rotatable bonds is 6. The maximum absolute atomic E-state index is 5.86. The van der Waals surface area contributed by atoms with Gasteiger partial charge in [-0.1, -0.05) is 18.2 Å². The van der Waals surface area contributed by atoms with Crippen molar-refractivity contribution in [2.75, 3.05) is 20.0 Å². The average Bonchev–Trinajstić information content (AvgIpc) is 3.01. The van der Waals surface area contributed by atoms with Crippen LogP contribution < -0.4 is 15.2 Å². The summed E-state index contributed by atoms with van der Waals surface area (Å²) in [6.07, 6.45) is 4.55. The Kier molecular flexibility index (Phi) is 4.70. The Labute approximate surface area is 141 Å². The molecule has 5 nitrogen and oxygen atoms in total. The van der Waals surface area contributed by atoms with E-state index in [0.29, 0.717) is 0 Å². The van der Waals surface area contributed by atoms with Gasteiger partial charge in [0.1, 0.15) is 5.82 Å². The fraction of sp³-hybridized carbons (Fsp3) is 0.211. The molecule has 0 saturated carbocycles. The quantitative estimate of drug-likeness (QED) is 0.708. The smallest absolute Gasteiger partial charge is 0.161 e. The van der Waals surface area contributed by atoms with Gasteiger partial charge in [0.2, 0.25) is 0 Å². The summed E-state index contributed by atoms with van der Waals surface area (Å²) in [6.45, 7) is 0.720. The predicted molar refractivity (Wildman–Crippen MR) is 94.5 cm³/mol. The molecule has 1 aromatic heterocycles. The molecular formula is C19H21N3O2. The zero-order chi connectivity index (χ0) is 16.9. The van der Waals surface area contributed by atoms with E-state index in [0.717, 1.165) is 47.1 Å². The first-order valence-electron chi connectivity index (χ1n) is 7.75. The van der Waals surface area contributed by atoms with Crippen LogP contribution in [0.15, 0.2) is 54.9 Å². The molecule has 0 bridgehead atoms. The van der Waals surface area contributed by atoms with Gasteiger partial charge in [-0.05, 0) is 35.4 Å². The van der Waals surface area contributed by atoms with Crippen LogP contribution in [0.25, 0.3) is 0 Å². The molecule has 5 heteroatoms. The van der Waals surface area contributed by atoms with Crippen LogP contribution in [0.1, 0.15) is 17.0 Å². The summed E-state index contributed by atoms with van der Waals surface area (Å²) in [5.74, 6) is 2.45. The van der Waals surface area contributed by atoms with Crippen LogP contribution in [0.5, 0.6) is 11.5 Å². The second-order valence-electron chi connectivity index (χ2n) is 5.58. The topological polar surface area (TPSA) is 62.3 Å². The highest BCUT2D eigenvalue weighted by Gasteiger charge is 2.08. The summed E-state index contributed by atoms with van der Waals surface area (Å²) < 4.78 is 12.8. The summed E-state index contributed by atoms with van der Waals surface area (Å²) in [5, 5.41) is 0. The van der Waals surface area contributed by atoms with Crippen molar-refractivity contribution in [1.82, 2.24) is 9.55 Å². The van der Waals surface area contributed by atoms with Gasteiger partial charge in [0.15, 0.2) is 11.5 Å². The third kappa shape index (κ3) is 3.51. The summed E-state index contributed by atoms with van der Waals surface area (Å²) in [7, 11) is 3.28. The molecule has 1 heterocycles. The van der Waals surface area contributed by atoms with Crippen molar-refractivity contribution in [1.29, 1.82) is 0 Å². The molecule has 0 unspecified atom stereocenters. The monoisotopic (exact) mass is 323 g/mol. The molecule has 0 fully saturated rings. The molecular weight excluding hydrogens is 302 g/mol. The Hall–Kier alpha value is -2.95. The number of imidazole rings is 1. The van der Waals surface area contributed by atoms with E-state index in [4.69, 9.17) is 15.2 Å². The molecule has 0 aliphatic rings. The minimum absolute atomic E-state index is 0.720. The molecule has 0 aliphatic heterocycles. The number of ether oxygens (including phenoxy) is 2. The first-order chi connectivity index (χ1) is 11.7. The highest BCUT2D eigenvalue weighted by Crippen LogP contribution is 2.28. The Balaban J connectivity index is 1.81. The van der Waals surface area contributed by atoms with Crippen molar-refractivity contribution >= 4 is 5.69 Å². The number of nitrogens with two attached hydrogens (primary N) is 1. The van der Waals surface area contributed by atoms with E-state index in [-0.39, 0.29) is 0 Å². The normalized spacial score (nSPS) is 10.6. The van der Waals surface area contributed by atoms with Gasteiger partial charge >= 0.3 is 0 Å². The SMILES string of the molecule is COc1ccc(Cn2ccnc2Cc2cccc(N)c2)cc1OC. The van der Waals surface area contributed by atoms with E-state index in [9.17, 15) is 0 Å². The molecule has 3 rings (SSSR count). The minimum Gasteiger partial charge on any atom is -0.493 e. The van der Waals surface area contributed by atoms with Gasteiger partial charge in [-0.15, -0.1) is 0 Å². The van der Waals surface area contributed by atoms with Crippen molar-refractivity contribution in [2.24, 2.45) is 0 Å². The molecule has 0 spiro atoms. The molecule has 124 valence electrons. The lowest BCUT2D eigenvalue weighted by atomic mass is 10.1. The number of hydrogen-bond donors (Lipinski definition) is 1. The van der Waals surface area contributed by atoms with Crippen molar-refractivity contribution in [3.63, 3.8) is 0 Å². The van der Waals surface area contributed by atoms with Gasteiger partial charge in [-0.2, -0.15) is 0 Å². The van der Waals surface area contributed by atoms with Crippen LogP contribution in [0.3, 0.4) is 0 Å². The number of hydrogen-bond acceptors (Lipinski definition) is 4. The van der Waals surface area contributed by atoms with Crippen molar-refractivity contribution < 1.29 is 9.47 Å². The largest absolute Gasteiger partial charge is 0.493 e. The second-order valence-corrected chi connectivity index (χ2v) is 5.58. The maximum Gasteiger partial charge on any atom is 0.161 e. The molecule has 3 aromatic rings. The van der Waals surface area contributed by atoms with Gasteiger partial charge in [0, 0.05) is 31.0 Å². The predicted octanol–water partition coefficient (Wildman–Crippen LogP) is 3.12. The highest BCUT2D eigenvalue weighted by molar-refractivity contribution is 5.43. The molecule has 0 aliphatic carbocycles. The van der Waals surface area contributed by atoms with Crippen LogP contribution in [0, 0.1) is 0 Å². The van der Waals surface area contributed by atoms with Crippen LogP contribution >= 0.6 is 0 Å². The van der Waals surface area contributed by atoms with Crippen molar-refractivity contribution in [2.45, 2.75) is 13.0 Å². The average molecular weight is 323 g/mol. The van der Waals surface area contributed by atoms with Gasteiger partial charge in [0.05, 0.1) is 14.2 Å². The Bertz CT molecular complexity index is 827. The lowest BCUT2D eigenvalue weighted by Gasteiger charge is -2.12. The molecule has 2 N–H and O–H groups in total. The number of nitrogen functional groups attached to an aromatic ring is 1. The van der Waals surface area contributed by atoms with E-state index < -0.39 is 0 Å². The van der Waals surface area contributed by atoms with E-state index >= 15 is 0 Å². The van der Waals surface area contributed by atoms with Gasteiger partial charge in [0.25, 0.3) is 0 Å². The molecule has 0 saturated heterocycles. The van der Waals surface area contributed by atoms with Crippen LogP contribution in [0.2, 0.25) is 0 Å². The third-order valence-corrected chi connectivity index (χ3v) is 3.92. The van der Waals surface area contributed by atoms with Gasteiger partial charge in [-0.25, -0.2) is 4.98 Å². The fourth-order valence-corrected chi connectivity index (χ4v) is 2.71. The Morgan fingerprint density at radius 2 is 1.83 bits per heavy atom. The summed E-state index contributed by atoms with van der Waals surface area (Å²) in [6, 6.07) is 13.8. The first-order valence-corrected chi connectivity index (χ1v) is 7.75. The molecule has 0 amide bonds. The number of methoxy groups -OCH3 is 2. The van der Waals surface area contributed by atoms with Crippen molar-refractivity contribution in [3.05, 3.63) is 71.8 Å². The fourth-order valence-electron chi connectivity index (χ4n) is 2.71. The van der Waals surface area contributed by atoms with E-state index in [1.165, 1.54) is 0 Å². The third-order valence-electron chi connectivity index (χ3n) is 3.92. The summed E-state index contributed by atoms with van der Waals surface area (Å²) in [5.41, 5.74) is 8.90. The van der Waals surface area contributed by atoms with Crippen LogP contribution in [-0.2, 0) is 13.0 Å². The zero-order valence-electron chi connectivity index (χ0n) is 13.9. The maximum atomic E-state index is 5.86. The zero-order valence-corrected chi connectivity index (χ0v) is 13.9. The van der Waals surface area contributed by atoms with Crippen LogP contribution in [0.4, 0.5) is 5.69 Å². The van der Waals surface area contributed by atoms with Crippen LogP contribution in [-0.4, -0.2) is 23.8 Å². The second kappa shape index (κ2) is 7.08. The molecule has 0 atom stereocenters. The number of nitrogens with zero attached hydrogens (tertiary/aromatic N) is 2. The molecule has 24 heavy (non-hydrogen) atoms. The Morgan fingerprint density at radius 3 is 2.58 bits per heavy atom. The number of anilines is 1. The van der Waals surface area contributed by atoms with Gasteiger partial charge < -0.3 is 19.8 Å². The Morgan fingerprint density at radius 1 is 1.00 bits per heavy atom. The summed E-state index contributed by atoms with van der Waals surface area (Å²) in [4.78, 5) is 4.48. The molecule has 0 radical (unpaired) electrons. The van der Waals surface area contributed by atoms with E-state index in [1.54, 1.807) is 14.2 Å². The lowest BCUT2D eigenvalue weighted by Crippen LogP contribution is -2.06. The lowest BCUT2D eigenvalue weighted by molar-refractivity contribution is 0.354. The molecule has 2 aromatic carbocycles. The highest BCUT2D eigenvalue weighted by atomic mass is 16.5. The van der Waals surface area contributed by atoms with E-state index in [2.05, 4.69) is 15.6 Å². The number of benzene rings is 2. The summed E-state index contributed by atoms with van der Waals surface area (Å²) >= 11 is 0. The first kappa shape index (κ1) is 15.9.